The zero-order valence-corrected chi connectivity index (χ0v) is 13.9. The molecule has 2 rings (SSSR count). The molecule has 1 aromatic heterocycles. The quantitative estimate of drug-likeness (QED) is 0.859. The second kappa shape index (κ2) is 5.39. The molecule has 1 fully saturated rings. The number of aryl methyl sites for hydroxylation is 2. The number of sulfonamides is 1. The van der Waals surface area contributed by atoms with Gasteiger partial charge in [-0.15, -0.1) is 0 Å². The van der Waals surface area contributed by atoms with Crippen LogP contribution < -0.4 is 4.72 Å². The second-order valence-electron chi connectivity index (χ2n) is 6.14. The van der Waals surface area contributed by atoms with Gasteiger partial charge in [0.15, 0.2) is 0 Å². The summed E-state index contributed by atoms with van der Waals surface area (Å²) in [5, 5.41) is 9.39. The standard InChI is InChI=1S/C14H23NO5S/c1-8-10(7-16)13(9(2)20-8)21(17,18)15-11-6-12(19-5)14(11,3)4/h11-12,15-16H,6-7H2,1-5H3. The third kappa shape index (κ3) is 2.63. The summed E-state index contributed by atoms with van der Waals surface area (Å²) in [7, 11) is -2.11. The molecule has 21 heavy (non-hydrogen) atoms. The van der Waals surface area contributed by atoms with E-state index in [1.165, 1.54) is 0 Å². The van der Waals surface area contributed by atoms with Gasteiger partial charge in [0.25, 0.3) is 0 Å². The number of rotatable bonds is 5. The van der Waals surface area contributed by atoms with E-state index >= 15 is 0 Å². The van der Waals surface area contributed by atoms with E-state index < -0.39 is 10.0 Å². The first-order valence-corrected chi connectivity index (χ1v) is 8.38. The molecular weight excluding hydrogens is 294 g/mol. The molecule has 6 nitrogen and oxygen atoms in total. The summed E-state index contributed by atoms with van der Waals surface area (Å²) in [6.07, 6.45) is 0.669. The fraction of sp³-hybridized carbons (Fsp3) is 0.714. The lowest BCUT2D eigenvalue weighted by atomic mass is 9.65. The van der Waals surface area contributed by atoms with Crippen molar-refractivity contribution in [1.82, 2.24) is 4.72 Å². The maximum Gasteiger partial charge on any atom is 0.244 e. The van der Waals surface area contributed by atoms with Crippen molar-refractivity contribution in [3.05, 3.63) is 17.1 Å². The summed E-state index contributed by atoms with van der Waals surface area (Å²) in [5.74, 6) is 0.725. The SMILES string of the molecule is COC1CC(NS(=O)(=O)c2c(C)oc(C)c2CO)C1(C)C. The van der Waals surface area contributed by atoms with Crippen LogP contribution >= 0.6 is 0 Å². The monoisotopic (exact) mass is 317 g/mol. The van der Waals surface area contributed by atoms with Crippen LogP contribution in [0.2, 0.25) is 0 Å². The molecule has 0 bridgehead atoms. The Kier molecular flexibility index (Phi) is 4.23. The van der Waals surface area contributed by atoms with Crippen molar-refractivity contribution >= 4 is 10.0 Å². The van der Waals surface area contributed by atoms with Crippen molar-refractivity contribution in [2.75, 3.05) is 7.11 Å². The first-order valence-electron chi connectivity index (χ1n) is 6.90. The Labute approximate surface area is 125 Å². The molecule has 1 saturated carbocycles. The van der Waals surface area contributed by atoms with Crippen LogP contribution in [0.3, 0.4) is 0 Å². The van der Waals surface area contributed by atoms with Gasteiger partial charge in [-0.2, -0.15) is 0 Å². The predicted molar refractivity (Wildman–Crippen MR) is 77.4 cm³/mol. The molecule has 2 atom stereocenters. The minimum Gasteiger partial charge on any atom is -0.465 e. The van der Waals surface area contributed by atoms with Crippen LogP contribution in [-0.2, 0) is 21.4 Å². The summed E-state index contributed by atoms with van der Waals surface area (Å²) < 4.78 is 38.6. The smallest absolute Gasteiger partial charge is 0.244 e. The summed E-state index contributed by atoms with van der Waals surface area (Å²) >= 11 is 0. The van der Waals surface area contributed by atoms with Crippen LogP contribution in [0.5, 0.6) is 0 Å². The molecule has 120 valence electrons. The highest BCUT2D eigenvalue weighted by atomic mass is 32.2. The molecular formula is C14H23NO5S. The van der Waals surface area contributed by atoms with Crippen molar-refractivity contribution in [1.29, 1.82) is 0 Å². The van der Waals surface area contributed by atoms with E-state index in [0.29, 0.717) is 23.5 Å². The number of ether oxygens (including phenoxy) is 1. The van der Waals surface area contributed by atoms with Crippen molar-refractivity contribution in [3.63, 3.8) is 0 Å². The molecule has 7 heteroatoms. The normalized spacial score (nSPS) is 24.9. The first kappa shape index (κ1) is 16.5. The Balaban J connectivity index is 2.29. The number of furan rings is 1. The summed E-state index contributed by atoms with van der Waals surface area (Å²) in [5.41, 5.74) is 0.0499. The van der Waals surface area contributed by atoms with Crippen LogP contribution in [0.4, 0.5) is 0 Å². The molecule has 1 aliphatic carbocycles. The molecule has 1 aromatic rings. The topological polar surface area (TPSA) is 88.8 Å². The van der Waals surface area contributed by atoms with Crippen molar-refractivity contribution in [3.8, 4) is 0 Å². The molecule has 1 heterocycles. The Hall–Kier alpha value is -0.890. The van der Waals surface area contributed by atoms with E-state index in [2.05, 4.69) is 4.72 Å². The van der Waals surface area contributed by atoms with Gasteiger partial charge in [-0.1, -0.05) is 13.8 Å². The van der Waals surface area contributed by atoms with Crippen LogP contribution in [0.15, 0.2) is 9.31 Å². The maximum absolute atomic E-state index is 12.6. The lowest BCUT2D eigenvalue weighted by molar-refractivity contribution is -0.0908. The van der Waals surface area contributed by atoms with Gasteiger partial charge in [-0.25, -0.2) is 13.1 Å². The maximum atomic E-state index is 12.6. The number of hydrogen-bond acceptors (Lipinski definition) is 5. The lowest BCUT2D eigenvalue weighted by Gasteiger charge is -2.50. The van der Waals surface area contributed by atoms with Crippen molar-refractivity contribution in [2.24, 2.45) is 5.41 Å². The molecule has 1 aliphatic rings. The third-order valence-corrected chi connectivity index (χ3v) is 6.18. The van der Waals surface area contributed by atoms with E-state index in [-0.39, 0.29) is 29.1 Å². The van der Waals surface area contributed by atoms with Gasteiger partial charge in [0.2, 0.25) is 10.0 Å². The van der Waals surface area contributed by atoms with E-state index in [4.69, 9.17) is 9.15 Å². The van der Waals surface area contributed by atoms with Gasteiger partial charge >= 0.3 is 0 Å². The molecule has 0 aliphatic heterocycles. The number of nitrogens with one attached hydrogen (secondary N) is 1. The van der Waals surface area contributed by atoms with Crippen LogP contribution in [0.25, 0.3) is 0 Å². The van der Waals surface area contributed by atoms with Crippen LogP contribution in [-0.4, -0.2) is 32.8 Å². The molecule has 2 N–H and O–H groups in total. The van der Waals surface area contributed by atoms with Gasteiger partial charge < -0.3 is 14.3 Å². The van der Waals surface area contributed by atoms with E-state index in [0.717, 1.165) is 0 Å². The highest BCUT2D eigenvalue weighted by Gasteiger charge is 2.50. The number of aliphatic hydroxyl groups is 1. The summed E-state index contributed by atoms with van der Waals surface area (Å²) in [4.78, 5) is 0.0548. The van der Waals surface area contributed by atoms with E-state index in [1.54, 1.807) is 21.0 Å². The Morgan fingerprint density at radius 1 is 1.38 bits per heavy atom. The molecule has 2 unspecified atom stereocenters. The number of aliphatic hydroxyl groups excluding tert-OH is 1. The molecule has 0 spiro atoms. The van der Waals surface area contributed by atoms with Gasteiger partial charge in [0, 0.05) is 24.1 Å². The Morgan fingerprint density at radius 2 is 2.00 bits per heavy atom. The molecule has 0 amide bonds. The average Bonchev–Trinajstić information content (AvgIpc) is 2.68. The minimum absolute atomic E-state index is 0.0368. The summed E-state index contributed by atoms with van der Waals surface area (Å²) in [6, 6.07) is -0.200. The van der Waals surface area contributed by atoms with Crippen LogP contribution in [0, 0.1) is 19.3 Å². The first-order chi connectivity index (χ1) is 9.65. The Bertz CT molecular complexity index is 632. The Morgan fingerprint density at radius 3 is 2.48 bits per heavy atom. The fourth-order valence-electron chi connectivity index (χ4n) is 2.98. The van der Waals surface area contributed by atoms with E-state index in [9.17, 15) is 13.5 Å². The lowest BCUT2D eigenvalue weighted by Crippen LogP contribution is -2.61. The highest BCUT2D eigenvalue weighted by molar-refractivity contribution is 7.89. The third-order valence-electron chi connectivity index (χ3n) is 4.51. The van der Waals surface area contributed by atoms with Crippen molar-refractivity contribution < 1.29 is 22.7 Å². The van der Waals surface area contributed by atoms with Crippen LogP contribution in [0.1, 0.15) is 37.4 Å². The molecule has 0 aromatic carbocycles. The van der Waals surface area contributed by atoms with Gasteiger partial charge in [0.1, 0.15) is 16.4 Å². The van der Waals surface area contributed by atoms with Gasteiger partial charge in [0.05, 0.1) is 12.7 Å². The number of hydrogen-bond donors (Lipinski definition) is 2. The zero-order valence-electron chi connectivity index (χ0n) is 13.1. The largest absolute Gasteiger partial charge is 0.465 e. The molecule has 0 saturated heterocycles. The van der Waals surface area contributed by atoms with Gasteiger partial charge in [-0.3, -0.25) is 0 Å². The molecule has 0 radical (unpaired) electrons. The highest BCUT2D eigenvalue weighted by Crippen LogP contribution is 2.43. The zero-order chi connectivity index (χ0) is 16.0. The fourth-order valence-corrected chi connectivity index (χ4v) is 4.82. The average molecular weight is 317 g/mol. The van der Waals surface area contributed by atoms with E-state index in [1.807, 2.05) is 13.8 Å². The van der Waals surface area contributed by atoms with Gasteiger partial charge in [-0.05, 0) is 20.3 Å². The predicted octanol–water partition coefficient (Wildman–Crippen LogP) is 1.48. The minimum atomic E-state index is -3.73. The number of methoxy groups -OCH3 is 1. The summed E-state index contributed by atoms with van der Waals surface area (Å²) in [6.45, 7) is 6.81. The van der Waals surface area contributed by atoms with Crippen molar-refractivity contribution in [2.45, 2.75) is 57.8 Å². The second-order valence-corrected chi connectivity index (χ2v) is 7.79.